The number of pyridine rings is 1. The van der Waals surface area contributed by atoms with E-state index in [0.717, 1.165) is 0 Å². The highest BCUT2D eigenvalue weighted by molar-refractivity contribution is 5.94. The van der Waals surface area contributed by atoms with E-state index in [1.807, 2.05) is 0 Å². The first kappa shape index (κ1) is 18.5. The molecular formula is C17H14N6O5. The van der Waals surface area contributed by atoms with Crippen LogP contribution in [0.15, 0.2) is 58.5 Å². The summed E-state index contributed by atoms with van der Waals surface area (Å²) in [5.74, 6) is -0.865. The van der Waals surface area contributed by atoms with E-state index >= 15 is 0 Å². The monoisotopic (exact) mass is 382 g/mol. The van der Waals surface area contributed by atoms with E-state index in [9.17, 15) is 14.8 Å². The van der Waals surface area contributed by atoms with Crippen LogP contribution in [0.4, 0.5) is 0 Å². The number of nitrogens with zero attached hydrogens (tertiary/aromatic N) is 4. The van der Waals surface area contributed by atoms with Gasteiger partial charge in [-0.15, -0.1) is 0 Å². The number of amides is 2. The van der Waals surface area contributed by atoms with Crippen LogP contribution >= 0.6 is 0 Å². The lowest BCUT2D eigenvalue weighted by molar-refractivity contribution is -0.803. The lowest BCUT2D eigenvalue weighted by Gasteiger charge is -2.03. The van der Waals surface area contributed by atoms with Crippen molar-refractivity contribution < 1.29 is 23.9 Å². The van der Waals surface area contributed by atoms with E-state index in [4.69, 9.17) is 10.5 Å². The Morgan fingerprint density at radius 3 is 2.64 bits per heavy atom. The molecule has 0 radical (unpaired) electrons. The number of hydrogen-bond acceptors (Lipinski definition) is 8. The topological polar surface area (TPSA) is 160 Å². The van der Waals surface area contributed by atoms with Gasteiger partial charge < -0.3 is 15.7 Å². The van der Waals surface area contributed by atoms with Gasteiger partial charge in [0.15, 0.2) is 6.61 Å². The maximum Gasteiger partial charge on any atom is 0.297 e. The van der Waals surface area contributed by atoms with E-state index in [2.05, 4.69) is 25.3 Å². The highest BCUT2D eigenvalue weighted by Gasteiger charge is 2.24. The van der Waals surface area contributed by atoms with Crippen LogP contribution in [0, 0.1) is 5.21 Å². The standard InChI is InChI=1S/C17H14N6O5/c18-16(24)15-14(22-28-23(15)26)10-27-13-3-1-11(2-4-13)9-20-21-17(25)12-5-7-19-8-6-12/h1-9H,10H2,(H2,18,24)(H,21,25)/b20-9+. The number of benzene rings is 1. The van der Waals surface area contributed by atoms with Gasteiger partial charge in [0.05, 0.1) is 6.21 Å². The number of aromatic nitrogens is 3. The Balaban J connectivity index is 1.55. The van der Waals surface area contributed by atoms with Crippen molar-refractivity contribution in [2.75, 3.05) is 0 Å². The molecule has 3 rings (SSSR count). The average Bonchev–Trinajstić information content (AvgIpc) is 3.08. The van der Waals surface area contributed by atoms with Crippen LogP contribution in [0.2, 0.25) is 0 Å². The average molecular weight is 382 g/mol. The van der Waals surface area contributed by atoms with Crippen LogP contribution < -0.4 is 20.8 Å². The van der Waals surface area contributed by atoms with E-state index in [1.165, 1.54) is 18.6 Å². The van der Waals surface area contributed by atoms with E-state index < -0.39 is 11.6 Å². The van der Waals surface area contributed by atoms with Crippen LogP contribution in [-0.2, 0) is 6.61 Å². The molecule has 28 heavy (non-hydrogen) atoms. The van der Waals surface area contributed by atoms with Crippen LogP contribution in [0.5, 0.6) is 5.75 Å². The second-order valence-corrected chi connectivity index (χ2v) is 5.38. The first-order valence-corrected chi connectivity index (χ1v) is 7.89. The summed E-state index contributed by atoms with van der Waals surface area (Å²) in [5.41, 5.74) is 8.23. The number of nitrogens with two attached hydrogens (primary N) is 1. The Labute approximate surface area is 158 Å². The fourth-order valence-corrected chi connectivity index (χ4v) is 2.14. The maximum atomic E-state index is 11.8. The number of carbonyl (C=O) groups excluding carboxylic acids is 2. The number of hydrazone groups is 1. The predicted octanol–water partition coefficient (Wildman–Crippen LogP) is 0.145. The Hall–Kier alpha value is -4.28. The molecule has 0 aliphatic carbocycles. The van der Waals surface area contributed by atoms with Crippen molar-refractivity contribution in [1.29, 1.82) is 0 Å². The molecule has 1 aromatic carbocycles. The number of hydrogen-bond donors (Lipinski definition) is 2. The zero-order valence-corrected chi connectivity index (χ0v) is 14.3. The first-order valence-electron chi connectivity index (χ1n) is 7.89. The Bertz CT molecular complexity index is 1000. The largest absolute Gasteiger partial charge is 0.485 e. The van der Waals surface area contributed by atoms with Gasteiger partial charge in [-0.25, -0.2) is 5.43 Å². The van der Waals surface area contributed by atoms with Crippen LogP contribution in [0.1, 0.15) is 32.1 Å². The summed E-state index contributed by atoms with van der Waals surface area (Å²) in [4.78, 5) is 26.8. The van der Waals surface area contributed by atoms with E-state index in [1.54, 1.807) is 36.4 Å². The summed E-state index contributed by atoms with van der Waals surface area (Å²) in [6.07, 6.45) is 4.49. The summed E-state index contributed by atoms with van der Waals surface area (Å²) >= 11 is 0. The van der Waals surface area contributed by atoms with Gasteiger partial charge in [0, 0.05) is 23.1 Å². The zero-order chi connectivity index (χ0) is 19.9. The van der Waals surface area contributed by atoms with Gasteiger partial charge >= 0.3 is 0 Å². The normalized spacial score (nSPS) is 10.7. The molecule has 3 aromatic rings. The van der Waals surface area contributed by atoms with Gasteiger partial charge in [-0.2, -0.15) is 5.10 Å². The quantitative estimate of drug-likeness (QED) is 0.334. The maximum absolute atomic E-state index is 11.8. The number of carbonyl (C=O) groups is 2. The molecule has 11 nitrogen and oxygen atoms in total. The number of nitrogens with one attached hydrogen (secondary N) is 1. The summed E-state index contributed by atoms with van der Waals surface area (Å²) in [6.45, 7) is -0.174. The van der Waals surface area contributed by atoms with Gasteiger partial charge in [-0.1, -0.05) is 0 Å². The molecule has 142 valence electrons. The first-order chi connectivity index (χ1) is 13.5. The molecule has 0 bridgehead atoms. The van der Waals surface area contributed by atoms with E-state index in [0.29, 0.717) is 16.9 Å². The summed E-state index contributed by atoms with van der Waals surface area (Å²) in [7, 11) is 0. The minimum Gasteiger partial charge on any atom is -0.485 e. The number of ether oxygens (including phenoxy) is 1. The molecule has 2 amide bonds. The molecule has 0 saturated carbocycles. The molecule has 0 aliphatic heterocycles. The second kappa shape index (κ2) is 8.40. The lowest BCUT2D eigenvalue weighted by Crippen LogP contribution is -2.35. The van der Waals surface area contributed by atoms with Gasteiger partial charge in [-0.05, 0) is 46.9 Å². The summed E-state index contributed by atoms with van der Waals surface area (Å²) in [5, 5.41) is 18.6. The Morgan fingerprint density at radius 1 is 1.25 bits per heavy atom. The van der Waals surface area contributed by atoms with Gasteiger partial charge in [-0.3, -0.25) is 19.2 Å². The fourth-order valence-electron chi connectivity index (χ4n) is 2.14. The van der Waals surface area contributed by atoms with Crippen molar-refractivity contribution in [2.24, 2.45) is 10.8 Å². The van der Waals surface area contributed by atoms with Crippen LogP contribution in [0.3, 0.4) is 0 Å². The molecule has 0 saturated heterocycles. The number of primary amides is 1. The predicted molar refractivity (Wildman–Crippen MR) is 94.1 cm³/mol. The van der Waals surface area contributed by atoms with Crippen LogP contribution in [-0.4, -0.2) is 28.2 Å². The minimum atomic E-state index is -0.963. The van der Waals surface area contributed by atoms with Crippen molar-refractivity contribution in [3.05, 3.63) is 76.5 Å². The molecule has 0 atom stereocenters. The zero-order valence-electron chi connectivity index (χ0n) is 14.3. The molecule has 2 heterocycles. The van der Waals surface area contributed by atoms with Gasteiger partial charge in [0.25, 0.3) is 23.2 Å². The summed E-state index contributed by atoms with van der Waals surface area (Å²) in [6, 6.07) is 9.82. The van der Waals surface area contributed by atoms with Crippen LogP contribution in [0.25, 0.3) is 0 Å². The fraction of sp³-hybridized carbons (Fsp3) is 0.0588. The molecule has 0 aliphatic rings. The van der Waals surface area contributed by atoms with Crippen molar-refractivity contribution >= 4 is 18.0 Å². The van der Waals surface area contributed by atoms with Gasteiger partial charge in [0.2, 0.25) is 0 Å². The minimum absolute atomic E-state index is 0.00744. The Morgan fingerprint density at radius 2 is 1.96 bits per heavy atom. The molecule has 0 unspecified atom stereocenters. The highest BCUT2D eigenvalue weighted by Crippen LogP contribution is 2.13. The lowest BCUT2D eigenvalue weighted by atomic mass is 10.2. The van der Waals surface area contributed by atoms with Crippen molar-refractivity contribution in [3.63, 3.8) is 0 Å². The third-order valence-corrected chi connectivity index (χ3v) is 3.49. The Kier molecular flexibility index (Phi) is 5.55. The van der Waals surface area contributed by atoms with Crippen molar-refractivity contribution in [2.45, 2.75) is 6.61 Å². The molecule has 11 heteroatoms. The van der Waals surface area contributed by atoms with Crippen molar-refractivity contribution in [1.82, 2.24) is 15.6 Å². The van der Waals surface area contributed by atoms with E-state index in [-0.39, 0.29) is 23.1 Å². The molecule has 0 fully saturated rings. The van der Waals surface area contributed by atoms with Gasteiger partial charge in [0.1, 0.15) is 5.75 Å². The molecule has 0 spiro atoms. The highest BCUT2D eigenvalue weighted by atomic mass is 16.8. The smallest absolute Gasteiger partial charge is 0.297 e. The molecule has 2 aromatic heterocycles. The van der Waals surface area contributed by atoms with Crippen molar-refractivity contribution in [3.8, 4) is 5.75 Å². The summed E-state index contributed by atoms with van der Waals surface area (Å²) < 4.78 is 9.78. The third-order valence-electron chi connectivity index (χ3n) is 3.49. The molecule has 3 N–H and O–H groups in total. The number of rotatable bonds is 7. The third kappa shape index (κ3) is 4.46. The SMILES string of the molecule is NC(=O)c1c(COc2ccc(/C=N/NC(=O)c3ccncc3)cc2)no[n+]1[O-]. The second-order valence-electron chi connectivity index (χ2n) is 5.38. The molecular weight excluding hydrogens is 368 g/mol.